The van der Waals surface area contributed by atoms with Crippen LogP contribution in [-0.4, -0.2) is 44.7 Å². The predicted molar refractivity (Wildman–Crippen MR) is 95.7 cm³/mol. The van der Waals surface area contributed by atoms with Crippen molar-refractivity contribution in [2.24, 2.45) is 0 Å². The molecule has 0 aromatic heterocycles. The fourth-order valence-corrected chi connectivity index (χ4v) is 2.74. The summed E-state index contributed by atoms with van der Waals surface area (Å²) in [7, 11) is 3.65. The van der Waals surface area contributed by atoms with Crippen LogP contribution in [0.25, 0.3) is 0 Å². The van der Waals surface area contributed by atoms with Crippen molar-refractivity contribution >= 4 is 5.78 Å². The van der Waals surface area contributed by atoms with Crippen LogP contribution >= 0.6 is 0 Å². The summed E-state index contributed by atoms with van der Waals surface area (Å²) in [5, 5.41) is 0. The van der Waals surface area contributed by atoms with Crippen LogP contribution in [-0.2, 0) is 6.42 Å². The Labute approximate surface area is 148 Å². The zero-order valence-electron chi connectivity index (χ0n) is 14.7. The van der Waals surface area contributed by atoms with Gasteiger partial charge in [-0.05, 0) is 55.4 Å². The van der Waals surface area contributed by atoms with E-state index in [0.29, 0.717) is 13.2 Å². The Morgan fingerprint density at radius 1 is 1.08 bits per heavy atom. The van der Waals surface area contributed by atoms with Gasteiger partial charge in [-0.3, -0.25) is 4.79 Å². The Morgan fingerprint density at radius 3 is 2.60 bits per heavy atom. The van der Waals surface area contributed by atoms with Crippen LogP contribution in [0.3, 0.4) is 0 Å². The van der Waals surface area contributed by atoms with Crippen LogP contribution in [0.4, 0.5) is 0 Å². The van der Waals surface area contributed by atoms with E-state index in [-0.39, 0.29) is 5.78 Å². The molecule has 5 nitrogen and oxygen atoms in total. The number of benzene rings is 2. The average Bonchev–Trinajstić information content (AvgIpc) is 3.12. The lowest BCUT2D eigenvalue weighted by Crippen LogP contribution is -2.24. The van der Waals surface area contributed by atoms with E-state index in [1.807, 2.05) is 43.4 Å². The molecule has 132 valence electrons. The molecule has 0 N–H and O–H groups in total. The Bertz CT molecular complexity index is 727. The van der Waals surface area contributed by atoms with Crippen molar-refractivity contribution < 1.29 is 19.0 Å². The number of carbonyl (C=O) groups is 1. The summed E-state index contributed by atoms with van der Waals surface area (Å²) in [5.74, 6) is 2.53. The molecule has 25 heavy (non-hydrogen) atoms. The topological polar surface area (TPSA) is 48.0 Å². The van der Waals surface area contributed by atoms with Crippen LogP contribution in [0.15, 0.2) is 42.5 Å². The van der Waals surface area contributed by atoms with E-state index in [4.69, 9.17) is 14.2 Å². The minimum atomic E-state index is 0.151. The minimum absolute atomic E-state index is 0.151. The highest BCUT2D eigenvalue weighted by Gasteiger charge is 2.13. The fraction of sp³-hybridized carbons (Fsp3) is 0.350. The van der Waals surface area contributed by atoms with Crippen LogP contribution in [0.2, 0.25) is 0 Å². The lowest BCUT2D eigenvalue weighted by molar-refractivity contribution is 0.0969. The molecule has 0 bridgehead atoms. The molecule has 0 spiro atoms. The van der Waals surface area contributed by atoms with Crippen molar-refractivity contribution in [3.8, 4) is 17.2 Å². The predicted octanol–water partition coefficient (Wildman–Crippen LogP) is 3.17. The van der Waals surface area contributed by atoms with Crippen molar-refractivity contribution in [2.75, 3.05) is 34.0 Å². The van der Waals surface area contributed by atoms with E-state index in [2.05, 4.69) is 11.0 Å². The molecule has 2 aromatic rings. The van der Waals surface area contributed by atoms with E-state index in [1.165, 1.54) is 5.56 Å². The van der Waals surface area contributed by atoms with Crippen molar-refractivity contribution in [2.45, 2.75) is 12.8 Å². The zero-order valence-corrected chi connectivity index (χ0v) is 14.7. The number of methoxy groups -OCH3 is 1. The number of hydrogen-bond donors (Lipinski definition) is 0. The van der Waals surface area contributed by atoms with Gasteiger partial charge < -0.3 is 19.1 Å². The first-order valence-electron chi connectivity index (χ1n) is 8.40. The fourth-order valence-electron chi connectivity index (χ4n) is 2.74. The summed E-state index contributed by atoms with van der Waals surface area (Å²) in [6, 6.07) is 13.3. The number of fused-ring (bicyclic) bond motifs is 1. The molecule has 0 radical (unpaired) electrons. The van der Waals surface area contributed by atoms with E-state index < -0.39 is 0 Å². The second-order valence-electron chi connectivity index (χ2n) is 6.14. The standard InChI is InChI=1S/C20H23NO4/c1-21(11-9-15-3-8-19-20(13-15)25-14-24-19)12-10-18(22)16-4-6-17(23-2)7-5-16/h3-8,13H,9-12,14H2,1-2H3. The second kappa shape index (κ2) is 8.03. The van der Waals surface area contributed by atoms with E-state index in [1.54, 1.807) is 7.11 Å². The smallest absolute Gasteiger partial charge is 0.231 e. The molecule has 0 aliphatic carbocycles. The van der Waals surface area contributed by atoms with E-state index >= 15 is 0 Å². The summed E-state index contributed by atoms with van der Waals surface area (Å²) in [5.41, 5.74) is 1.93. The van der Waals surface area contributed by atoms with Crippen molar-refractivity contribution in [3.63, 3.8) is 0 Å². The largest absolute Gasteiger partial charge is 0.497 e. The Hall–Kier alpha value is -2.53. The SMILES string of the molecule is COc1ccc(C(=O)CCN(C)CCc2ccc3c(c2)OCO3)cc1. The molecule has 1 heterocycles. The molecule has 0 amide bonds. The highest BCUT2D eigenvalue weighted by molar-refractivity contribution is 5.96. The molecular formula is C20H23NO4. The Morgan fingerprint density at radius 2 is 1.84 bits per heavy atom. The number of nitrogens with zero attached hydrogens (tertiary/aromatic N) is 1. The molecule has 5 heteroatoms. The summed E-state index contributed by atoms with van der Waals surface area (Å²) >= 11 is 0. The Kier molecular flexibility index (Phi) is 5.56. The van der Waals surface area contributed by atoms with Crippen LogP contribution in [0.1, 0.15) is 22.3 Å². The molecule has 0 unspecified atom stereocenters. The summed E-state index contributed by atoms with van der Waals surface area (Å²) < 4.78 is 15.8. The van der Waals surface area contributed by atoms with Crippen molar-refractivity contribution in [1.82, 2.24) is 4.90 Å². The minimum Gasteiger partial charge on any atom is -0.497 e. The van der Waals surface area contributed by atoms with Gasteiger partial charge in [0.15, 0.2) is 17.3 Å². The maximum Gasteiger partial charge on any atom is 0.231 e. The van der Waals surface area contributed by atoms with Crippen molar-refractivity contribution in [1.29, 1.82) is 0 Å². The summed E-state index contributed by atoms with van der Waals surface area (Å²) in [6.45, 7) is 1.91. The van der Waals surface area contributed by atoms with Crippen LogP contribution in [0, 0.1) is 0 Å². The normalized spacial score (nSPS) is 12.4. The highest BCUT2D eigenvalue weighted by Crippen LogP contribution is 2.32. The lowest BCUT2D eigenvalue weighted by atomic mass is 10.1. The molecule has 1 aliphatic heterocycles. The van der Waals surface area contributed by atoms with Gasteiger partial charge in [-0.1, -0.05) is 6.07 Å². The van der Waals surface area contributed by atoms with Gasteiger partial charge in [-0.2, -0.15) is 0 Å². The molecule has 0 saturated carbocycles. The number of hydrogen-bond acceptors (Lipinski definition) is 5. The van der Waals surface area contributed by atoms with E-state index in [9.17, 15) is 4.79 Å². The van der Waals surface area contributed by atoms with Gasteiger partial charge in [0.25, 0.3) is 0 Å². The molecule has 1 aliphatic rings. The molecule has 0 saturated heterocycles. The van der Waals surface area contributed by atoms with Crippen LogP contribution in [0.5, 0.6) is 17.2 Å². The molecule has 2 aromatic carbocycles. The summed E-state index contributed by atoms with van der Waals surface area (Å²) in [6.07, 6.45) is 1.41. The number of ketones is 1. The third-order valence-electron chi connectivity index (χ3n) is 4.35. The van der Waals surface area contributed by atoms with Crippen LogP contribution < -0.4 is 14.2 Å². The van der Waals surface area contributed by atoms with Crippen molar-refractivity contribution in [3.05, 3.63) is 53.6 Å². The van der Waals surface area contributed by atoms with Gasteiger partial charge >= 0.3 is 0 Å². The first kappa shape index (κ1) is 17.3. The molecule has 0 fully saturated rings. The number of carbonyl (C=O) groups excluding carboxylic acids is 1. The van der Waals surface area contributed by atoms with Gasteiger partial charge in [-0.15, -0.1) is 0 Å². The highest BCUT2D eigenvalue weighted by atomic mass is 16.7. The third-order valence-corrected chi connectivity index (χ3v) is 4.35. The first-order chi connectivity index (χ1) is 12.2. The van der Waals surface area contributed by atoms with Gasteiger partial charge in [0.05, 0.1) is 7.11 Å². The van der Waals surface area contributed by atoms with Gasteiger partial charge in [0, 0.05) is 25.1 Å². The molecular weight excluding hydrogens is 318 g/mol. The number of Topliss-reactive ketones (excluding diaryl/α,β-unsaturated/α-hetero) is 1. The number of likely N-dealkylation sites (N-methyl/N-ethyl adjacent to an activating group) is 1. The van der Waals surface area contributed by atoms with Gasteiger partial charge in [0.1, 0.15) is 5.75 Å². The number of rotatable bonds is 8. The average molecular weight is 341 g/mol. The lowest BCUT2D eigenvalue weighted by Gasteiger charge is -2.16. The monoisotopic (exact) mass is 341 g/mol. The number of ether oxygens (including phenoxy) is 3. The Balaban J connectivity index is 1.44. The summed E-state index contributed by atoms with van der Waals surface area (Å²) in [4.78, 5) is 14.4. The van der Waals surface area contributed by atoms with Gasteiger partial charge in [-0.25, -0.2) is 0 Å². The van der Waals surface area contributed by atoms with E-state index in [0.717, 1.165) is 42.3 Å². The third kappa shape index (κ3) is 4.51. The maximum absolute atomic E-state index is 12.3. The second-order valence-corrected chi connectivity index (χ2v) is 6.14. The van der Waals surface area contributed by atoms with Gasteiger partial charge in [0.2, 0.25) is 6.79 Å². The quantitative estimate of drug-likeness (QED) is 0.690. The zero-order chi connectivity index (χ0) is 17.6. The molecule has 0 atom stereocenters. The molecule has 3 rings (SSSR count). The first-order valence-corrected chi connectivity index (χ1v) is 8.40. The maximum atomic E-state index is 12.3.